The Morgan fingerprint density at radius 3 is 2.39 bits per heavy atom. The van der Waals surface area contributed by atoms with E-state index in [0.29, 0.717) is 23.3 Å². The summed E-state index contributed by atoms with van der Waals surface area (Å²) < 4.78 is 22.7. The number of rotatable bonds is 13. The van der Waals surface area contributed by atoms with Gasteiger partial charge >= 0.3 is 0 Å². The molecule has 0 bridgehead atoms. The Balaban J connectivity index is 2.08. The zero-order valence-corrected chi connectivity index (χ0v) is 25.5. The van der Waals surface area contributed by atoms with Crippen LogP contribution >= 0.6 is 0 Å². The molecule has 9 nitrogen and oxygen atoms in total. The molecule has 1 saturated heterocycles. The molecule has 0 saturated carbocycles. The van der Waals surface area contributed by atoms with Crippen LogP contribution in [-0.4, -0.2) is 71.0 Å². The molecule has 1 aromatic rings. The van der Waals surface area contributed by atoms with Crippen LogP contribution in [0.4, 0.5) is 0 Å². The van der Waals surface area contributed by atoms with Gasteiger partial charge in [-0.3, -0.25) is 4.79 Å². The molecule has 1 fully saturated rings. The number of aliphatic hydroxyl groups excluding tert-OH is 4. The average molecular weight is 577 g/mol. The Labute approximate surface area is 243 Å². The SMILES string of the molecule is C/C=C(\C)[C@@H](O[C@H]1O[C@H](CO)[C@H](O)[C@@H](O)[C@H]1O)[C@@H](C)/C=C(C)/C=C/C[C@@H](C)/C=C/c1oc(OC)c(CC)c(=O)c1C. The second kappa shape index (κ2) is 16.2. The second-order valence-corrected chi connectivity index (χ2v) is 10.8. The standard InChI is InChI=1S/C32H48O9/c1-9-20(5)30(41-32-29(37)28(36)27(35)25(17-33)40-32)21(6)16-19(4)13-11-12-18(3)14-15-24-22(7)26(34)23(10-2)31(38-8)39-24/h9,11,13-16,18,21,25,27-30,32-33,35-37H,10,12,17H2,1-8H3/b13-11+,15-14+,19-16+,20-9+/t18-,21+,25-,27+,28-,29-,30-,32-/m1/s1. The van der Waals surface area contributed by atoms with E-state index in [0.717, 1.165) is 17.6 Å². The van der Waals surface area contributed by atoms with Gasteiger partial charge in [0.2, 0.25) is 0 Å². The molecule has 2 heterocycles. The summed E-state index contributed by atoms with van der Waals surface area (Å²) in [4.78, 5) is 12.6. The first kappa shape index (κ1) is 34.7. The van der Waals surface area contributed by atoms with Crippen LogP contribution < -0.4 is 10.2 Å². The molecule has 1 aromatic heterocycles. The van der Waals surface area contributed by atoms with Crippen molar-refractivity contribution in [2.24, 2.45) is 11.8 Å². The van der Waals surface area contributed by atoms with Crippen LogP contribution in [0, 0.1) is 18.8 Å². The van der Waals surface area contributed by atoms with Crippen molar-refractivity contribution in [1.29, 1.82) is 0 Å². The summed E-state index contributed by atoms with van der Waals surface area (Å²) in [5, 5.41) is 40.1. The van der Waals surface area contributed by atoms with Gasteiger partial charge in [0.1, 0.15) is 30.2 Å². The third kappa shape index (κ3) is 8.98. The number of hydrogen-bond donors (Lipinski definition) is 4. The maximum Gasteiger partial charge on any atom is 0.291 e. The predicted octanol–water partition coefficient (Wildman–Crippen LogP) is 3.85. The number of aliphatic hydroxyl groups is 4. The van der Waals surface area contributed by atoms with Crippen LogP contribution in [0.1, 0.15) is 64.9 Å². The Morgan fingerprint density at radius 2 is 1.80 bits per heavy atom. The van der Waals surface area contributed by atoms with Crippen molar-refractivity contribution in [3.8, 4) is 5.95 Å². The number of methoxy groups -OCH3 is 1. The molecule has 9 heteroatoms. The smallest absolute Gasteiger partial charge is 0.291 e. The fraction of sp³-hybridized carbons (Fsp3) is 0.594. The first-order chi connectivity index (χ1) is 19.4. The highest BCUT2D eigenvalue weighted by Gasteiger charge is 2.45. The number of ether oxygens (including phenoxy) is 3. The predicted molar refractivity (Wildman–Crippen MR) is 159 cm³/mol. The Morgan fingerprint density at radius 1 is 1.12 bits per heavy atom. The van der Waals surface area contributed by atoms with Gasteiger partial charge in [-0.2, -0.15) is 0 Å². The van der Waals surface area contributed by atoms with Gasteiger partial charge in [0.15, 0.2) is 11.7 Å². The van der Waals surface area contributed by atoms with Gasteiger partial charge in [-0.15, -0.1) is 0 Å². The summed E-state index contributed by atoms with van der Waals surface area (Å²) in [6.45, 7) is 13.0. The van der Waals surface area contributed by atoms with E-state index in [1.54, 1.807) is 6.92 Å². The van der Waals surface area contributed by atoms with Crippen molar-refractivity contribution in [2.75, 3.05) is 13.7 Å². The number of hydrogen-bond acceptors (Lipinski definition) is 9. The van der Waals surface area contributed by atoms with Crippen LogP contribution in [0.25, 0.3) is 6.08 Å². The fourth-order valence-corrected chi connectivity index (χ4v) is 4.79. The number of allylic oxidation sites excluding steroid dienone is 5. The lowest BCUT2D eigenvalue weighted by Gasteiger charge is -2.41. The van der Waals surface area contributed by atoms with E-state index in [1.165, 1.54) is 7.11 Å². The third-order valence-corrected chi connectivity index (χ3v) is 7.47. The van der Waals surface area contributed by atoms with Crippen molar-refractivity contribution in [3.63, 3.8) is 0 Å². The highest BCUT2D eigenvalue weighted by atomic mass is 16.7. The van der Waals surface area contributed by atoms with Gasteiger partial charge in [-0.1, -0.05) is 56.7 Å². The van der Waals surface area contributed by atoms with Gasteiger partial charge in [0.25, 0.3) is 5.95 Å². The van der Waals surface area contributed by atoms with E-state index < -0.39 is 43.4 Å². The first-order valence-electron chi connectivity index (χ1n) is 14.2. The molecule has 0 aromatic carbocycles. The molecule has 41 heavy (non-hydrogen) atoms. The summed E-state index contributed by atoms with van der Waals surface area (Å²) in [5.74, 6) is 0.819. The quantitative estimate of drug-likeness (QED) is 0.204. The van der Waals surface area contributed by atoms with E-state index >= 15 is 0 Å². The summed E-state index contributed by atoms with van der Waals surface area (Å²) in [6, 6.07) is 0. The molecule has 0 amide bonds. The molecule has 2 rings (SSSR count). The third-order valence-electron chi connectivity index (χ3n) is 7.47. The molecule has 0 unspecified atom stereocenters. The molecule has 1 aliphatic rings. The molecular formula is C32H48O9. The summed E-state index contributed by atoms with van der Waals surface area (Å²) in [7, 11) is 1.49. The Bertz CT molecular complexity index is 1160. The van der Waals surface area contributed by atoms with Crippen LogP contribution in [-0.2, 0) is 15.9 Å². The monoisotopic (exact) mass is 576 g/mol. The molecule has 4 N–H and O–H groups in total. The lowest BCUT2D eigenvalue weighted by atomic mass is 9.94. The second-order valence-electron chi connectivity index (χ2n) is 10.8. The van der Waals surface area contributed by atoms with Crippen molar-refractivity contribution in [3.05, 3.63) is 68.6 Å². The van der Waals surface area contributed by atoms with Crippen molar-refractivity contribution < 1.29 is 39.1 Å². The van der Waals surface area contributed by atoms with Crippen LogP contribution in [0.15, 0.2) is 50.7 Å². The maximum absolute atomic E-state index is 12.6. The Kier molecular flexibility index (Phi) is 13.7. The fourth-order valence-electron chi connectivity index (χ4n) is 4.79. The van der Waals surface area contributed by atoms with Gasteiger partial charge < -0.3 is 39.1 Å². The molecule has 0 spiro atoms. The molecule has 230 valence electrons. The summed E-state index contributed by atoms with van der Waals surface area (Å²) in [6.07, 6.45) is 6.08. The zero-order chi connectivity index (χ0) is 30.9. The van der Waals surface area contributed by atoms with E-state index in [2.05, 4.69) is 19.1 Å². The van der Waals surface area contributed by atoms with Gasteiger partial charge in [-0.05, 0) is 58.1 Å². The van der Waals surface area contributed by atoms with Crippen molar-refractivity contribution >= 4 is 6.08 Å². The van der Waals surface area contributed by atoms with Crippen LogP contribution in [0.2, 0.25) is 0 Å². The van der Waals surface area contributed by atoms with Crippen molar-refractivity contribution in [2.45, 2.75) is 98.1 Å². The average Bonchev–Trinajstić information content (AvgIpc) is 2.95. The minimum Gasteiger partial charge on any atom is -0.468 e. The van der Waals surface area contributed by atoms with Crippen LogP contribution in [0.5, 0.6) is 5.95 Å². The van der Waals surface area contributed by atoms with E-state index in [1.807, 2.05) is 58.9 Å². The molecule has 8 atom stereocenters. The minimum atomic E-state index is -1.50. The van der Waals surface area contributed by atoms with E-state index in [-0.39, 0.29) is 23.2 Å². The summed E-state index contributed by atoms with van der Waals surface area (Å²) >= 11 is 0. The zero-order valence-electron chi connectivity index (χ0n) is 25.5. The van der Waals surface area contributed by atoms with Gasteiger partial charge in [0, 0.05) is 11.5 Å². The minimum absolute atomic E-state index is 0.0559. The highest BCUT2D eigenvalue weighted by Crippen LogP contribution is 2.28. The molecule has 1 aliphatic heterocycles. The molecular weight excluding hydrogens is 528 g/mol. The van der Waals surface area contributed by atoms with E-state index in [9.17, 15) is 25.2 Å². The normalized spacial score (nSPS) is 26.5. The lowest BCUT2D eigenvalue weighted by Crippen LogP contribution is -2.60. The first-order valence-corrected chi connectivity index (χ1v) is 14.2. The van der Waals surface area contributed by atoms with Gasteiger partial charge in [0.05, 0.1) is 25.4 Å². The Hall–Kier alpha value is -2.53. The maximum atomic E-state index is 12.6. The topological polar surface area (TPSA) is 139 Å². The lowest BCUT2D eigenvalue weighted by molar-refractivity contribution is -0.310. The molecule has 0 aliphatic carbocycles. The highest BCUT2D eigenvalue weighted by molar-refractivity contribution is 5.49. The van der Waals surface area contributed by atoms with Gasteiger partial charge in [-0.25, -0.2) is 0 Å². The largest absolute Gasteiger partial charge is 0.468 e. The van der Waals surface area contributed by atoms with Crippen LogP contribution in [0.3, 0.4) is 0 Å². The van der Waals surface area contributed by atoms with E-state index in [4.69, 9.17) is 18.6 Å². The van der Waals surface area contributed by atoms with Crippen molar-refractivity contribution in [1.82, 2.24) is 0 Å². The molecule has 0 radical (unpaired) electrons. The summed E-state index contributed by atoms with van der Waals surface area (Å²) in [5.41, 5.74) is 2.97.